The molecule has 1 aromatic carbocycles. The number of anilines is 1. The van der Waals surface area contributed by atoms with Crippen LogP contribution in [0.4, 0.5) is 5.82 Å². The van der Waals surface area contributed by atoms with Gasteiger partial charge in [-0.1, -0.05) is 18.2 Å². The first-order valence-corrected chi connectivity index (χ1v) is 6.27. The maximum atomic E-state index is 11.1. The lowest BCUT2D eigenvalue weighted by Crippen LogP contribution is -2.20. The van der Waals surface area contributed by atoms with Gasteiger partial charge >= 0.3 is 5.97 Å². The Morgan fingerprint density at radius 1 is 1.19 bits per heavy atom. The lowest BCUT2D eigenvalue weighted by Gasteiger charge is -2.18. The molecule has 0 fully saturated rings. The van der Waals surface area contributed by atoms with Gasteiger partial charge in [-0.25, -0.2) is 9.78 Å². The summed E-state index contributed by atoms with van der Waals surface area (Å²) in [4.78, 5) is 27.9. The van der Waals surface area contributed by atoms with E-state index in [0.717, 1.165) is 5.56 Å². The summed E-state index contributed by atoms with van der Waals surface area (Å²) in [5.74, 6) is -0.907. The molecule has 0 unspecified atom stereocenters. The van der Waals surface area contributed by atoms with Crippen LogP contribution in [0.15, 0.2) is 42.5 Å². The number of aromatic carboxylic acids is 1. The number of aromatic nitrogens is 1. The quantitative estimate of drug-likeness (QED) is 0.868. The van der Waals surface area contributed by atoms with Gasteiger partial charge in [0.05, 0.1) is 5.56 Å². The van der Waals surface area contributed by atoms with E-state index in [1.807, 2.05) is 11.9 Å². The van der Waals surface area contributed by atoms with Crippen LogP contribution < -0.4 is 10.6 Å². The van der Waals surface area contributed by atoms with Crippen LogP contribution in [-0.2, 0) is 6.54 Å². The molecule has 3 N–H and O–H groups in total. The van der Waals surface area contributed by atoms with Gasteiger partial charge in [0.1, 0.15) is 11.5 Å². The summed E-state index contributed by atoms with van der Waals surface area (Å²) in [5, 5.41) is 8.85. The van der Waals surface area contributed by atoms with Gasteiger partial charge in [0, 0.05) is 13.6 Å². The number of rotatable bonds is 5. The highest BCUT2D eigenvalue weighted by Gasteiger charge is 2.08. The summed E-state index contributed by atoms with van der Waals surface area (Å²) in [6, 6.07) is 11.7. The molecule has 2 rings (SSSR count). The van der Waals surface area contributed by atoms with Crippen molar-refractivity contribution in [2.24, 2.45) is 5.73 Å². The largest absolute Gasteiger partial charge is 0.478 e. The van der Waals surface area contributed by atoms with Crippen molar-refractivity contribution in [1.82, 2.24) is 4.98 Å². The zero-order valence-electron chi connectivity index (χ0n) is 11.5. The Balaban J connectivity index is 2.13. The molecule has 0 saturated heterocycles. The van der Waals surface area contributed by atoms with Crippen molar-refractivity contribution in [3.05, 3.63) is 59.3 Å². The summed E-state index contributed by atoms with van der Waals surface area (Å²) < 4.78 is 0. The van der Waals surface area contributed by atoms with Crippen LogP contribution in [-0.4, -0.2) is 29.0 Å². The number of hydrogen-bond donors (Lipinski definition) is 2. The molecule has 0 aliphatic heterocycles. The first kappa shape index (κ1) is 14.5. The molecule has 0 aliphatic carbocycles. The average Bonchev–Trinajstić information content (AvgIpc) is 2.48. The first-order valence-electron chi connectivity index (χ1n) is 6.27. The van der Waals surface area contributed by atoms with E-state index >= 15 is 0 Å². The molecule has 0 bridgehead atoms. The maximum absolute atomic E-state index is 11.1. The molecule has 1 amide bonds. The molecule has 1 heterocycles. The highest BCUT2D eigenvalue weighted by atomic mass is 16.4. The van der Waals surface area contributed by atoms with Crippen molar-refractivity contribution in [1.29, 1.82) is 0 Å². The van der Waals surface area contributed by atoms with Crippen molar-refractivity contribution in [3.63, 3.8) is 0 Å². The van der Waals surface area contributed by atoms with E-state index in [2.05, 4.69) is 4.98 Å². The maximum Gasteiger partial charge on any atom is 0.335 e. The molecule has 0 radical (unpaired) electrons. The van der Waals surface area contributed by atoms with Gasteiger partial charge in [0.15, 0.2) is 0 Å². The molecule has 6 heteroatoms. The van der Waals surface area contributed by atoms with Crippen molar-refractivity contribution in [3.8, 4) is 0 Å². The standard InChI is InChI=1S/C15H15N3O3/c1-18(13-4-2-3-12(17-13)14(16)19)9-10-5-7-11(8-6-10)15(20)21/h2-8H,9H2,1H3,(H2,16,19)(H,20,21). The Morgan fingerprint density at radius 2 is 1.86 bits per heavy atom. The normalized spacial score (nSPS) is 10.1. The van der Waals surface area contributed by atoms with Crippen LogP contribution in [0.1, 0.15) is 26.4 Å². The molecule has 0 spiro atoms. The Morgan fingerprint density at radius 3 is 2.43 bits per heavy atom. The minimum Gasteiger partial charge on any atom is -0.478 e. The van der Waals surface area contributed by atoms with E-state index in [1.165, 1.54) is 0 Å². The highest BCUT2D eigenvalue weighted by molar-refractivity contribution is 5.91. The molecule has 0 saturated carbocycles. The summed E-state index contributed by atoms with van der Waals surface area (Å²) in [7, 11) is 1.83. The zero-order valence-corrected chi connectivity index (χ0v) is 11.5. The minimum atomic E-state index is -0.953. The second kappa shape index (κ2) is 6.04. The third kappa shape index (κ3) is 3.56. The molecule has 108 valence electrons. The third-order valence-electron chi connectivity index (χ3n) is 3.00. The van der Waals surface area contributed by atoms with Crippen molar-refractivity contribution in [2.75, 3.05) is 11.9 Å². The van der Waals surface area contributed by atoms with Gasteiger partial charge in [-0.3, -0.25) is 4.79 Å². The Hall–Kier alpha value is -2.89. The second-order valence-corrected chi connectivity index (χ2v) is 4.60. The molecule has 2 aromatic rings. The van der Waals surface area contributed by atoms with Crippen LogP contribution in [0, 0.1) is 0 Å². The molecular weight excluding hydrogens is 270 g/mol. The van der Waals surface area contributed by atoms with Gasteiger partial charge in [0.2, 0.25) is 0 Å². The Bertz CT molecular complexity index is 668. The number of nitrogens with two attached hydrogens (primary N) is 1. The Kier molecular flexibility index (Phi) is 4.18. The van der Waals surface area contributed by atoms with Gasteiger partial charge in [-0.05, 0) is 29.8 Å². The van der Waals surface area contributed by atoms with Crippen LogP contribution in [0.25, 0.3) is 0 Å². The topological polar surface area (TPSA) is 96.5 Å². The molecule has 21 heavy (non-hydrogen) atoms. The average molecular weight is 285 g/mol. The van der Waals surface area contributed by atoms with E-state index < -0.39 is 11.9 Å². The summed E-state index contributed by atoms with van der Waals surface area (Å²) in [6.45, 7) is 0.537. The first-order chi connectivity index (χ1) is 9.97. The predicted octanol–water partition coefficient (Wildman–Crippen LogP) is 1.52. The predicted molar refractivity (Wildman–Crippen MR) is 78.3 cm³/mol. The molecule has 1 aromatic heterocycles. The van der Waals surface area contributed by atoms with Gasteiger partial charge in [0.25, 0.3) is 5.91 Å². The van der Waals surface area contributed by atoms with Crippen molar-refractivity contribution >= 4 is 17.7 Å². The number of hydrogen-bond acceptors (Lipinski definition) is 4. The van der Waals surface area contributed by atoms with E-state index in [0.29, 0.717) is 12.4 Å². The molecule has 6 nitrogen and oxygen atoms in total. The molecule has 0 atom stereocenters. The van der Waals surface area contributed by atoms with Crippen LogP contribution >= 0.6 is 0 Å². The number of primary amides is 1. The number of benzene rings is 1. The monoisotopic (exact) mass is 285 g/mol. The van der Waals surface area contributed by atoms with Gasteiger partial charge < -0.3 is 15.7 Å². The fraction of sp³-hybridized carbons (Fsp3) is 0.133. The third-order valence-corrected chi connectivity index (χ3v) is 3.00. The SMILES string of the molecule is CN(Cc1ccc(C(=O)O)cc1)c1cccc(C(N)=O)n1. The summed E-state index contributed by atoms with van der Waals surface area (Å²) in [5.41, 5.74) is 6.60. The van der Waals surface area contributed by atoms with E-state index in [4.69, 9.17) is 10.8 Å². The van der Waals surface area contributed by atoms with E-state index in [-0.39, 0.29) is 11.3 Å². The number of carboxylic acids is 1. The molecular formula is C15H15N3O3. The second-order valence-electron chi connectivity index (χ2n) is 4.60. The lowest BCUT2D eigenvalue weighted by atomic mass is 10.1. The highest BCUT2D eigenvalue weighted by Crippen LogP contribution is 2.14. The fourth-order valence-corrected chi connectivity index (χ4v) is 1.88. The number of amides is 1. The molecule has 0 aliphatic rings. The fourth-order valence-electron chi connectivity index (χ4n) is 1.88. The lowest BCUT2D eigenvalue weighted by molar-refractivity contribution is 0.0696. The number of carbonyl (C=O) groups is 2. The van der Waals surface area contributed by atoms with E-state index in [9.17, 15) is 9.59 Å². The number of nitrogens with zero attached hydrogens (tertiary/aromatic N) is 2. The number of carboxylic acid groups (broad SMARTS) is 1. The van der Waals surface area contributed by atoms with Crippen molar-refractivity contribution < 1.29 is 14.7 Å². The number of pyridine rings is 1. The van der Waals surface area contributed by atoms with E-state index in [1.54, 1.807) is 42.5 Å². The van der Waals surface area contributed by atoms with Gasteiger partial charge in [-0.2, -0.15) is 0 Å². The number of carbonyl (C=O) groups excluding carboxylic acids is 1. The zero-order chi connectivity index (χ0) is 15.4. The Labute approximate surface area is 121 Å². The van der Waals surface area contributed by atoms with Gasteiger partial charge in [-0.15, -0.1) is 0 Å². The minimum absolute atomic E-state index is 0.209. The van der Waals surface area contributed by atoms with Crippen LogP contribution in [0.5, 0.6) is 0 Å². The van der Waals surface area contributed by atoms with Crippen LogP contribution in [0.3, 0.4) is 0 Å². The van der Waals surface area contributed by atoms with Crippen LogP contribution in [0.2, 0.25) is 0 Å². The summed E-state index contributed by atoms with van der Waals surface area (Å²) in [6.07, 6.45) is 0. The van der Waals surface area contributed by atoms with Crippen molar-refractivity contribution in [2.45, 2.75) is 6.54 Å². The smallest absolute Gasteiger partial charge is 0.335 e. The summed E-state index contributed by atoms with van der Waals surface area (Å²) >= 11 is 0.